The van der Waals surface area contributed by atoms with Crippen LogP contribution in [0.1, 0.15) is 44.0 Å². The van der Waals surface area contributed by atoms with E-state index in [4.69, 9.17) is 8.83 Å². The zero-order valence-electron chi connectivity index (χ0n) is 18.2. The molecule has 3 N–H and O–H groups in total. The number of likely N-dealkylation sites (N-methyl/N-ethyl adjacent to an activating group) is 1. The van der Waals surface area contributed by atoms with Gasteiger partial charge in [0.15, 0.2) is 5.96 Å². The van der Waals surface area contributed by atoms with E-state index >= 15 is 0 Å². The maximum Gasteiger partial charge on any atom is 0.191 e. The molecule has 30 heavy (non-hydrogen) atoms. The molecule has 1 fully saturated rings. The standard InChI is InChI=1S/C22H34N4O3.HI/c1-4-26-13-5-7-18(26)15-24-21(23-12-11-19-8-6-14-28-19)25-16-22(3,27)20-10-9-17(2)29-20;/h6,8-10,14,18,27H,4-5,7,11-13,15-16H2,1-3H3,(H2,23,24,25);1H. The molecule has 0 amide bonds. The lowest BCUT2D eigenvalue weighted by Crippen LogP contribution is -2.45. The molecule has 0 aliphatic carbocycles. The number of hydrogen-bond donors (Lipinski definition) is 3. The zero-order chi connectivity index (χ0) is 20.7. The second kappa shape index (κ2) is 11.8. The number of guanidine groups is 1. The van der Waals surface area contributed by atoms with Gasteiger partial charge in [-0.3, -0.25) is 4.90 Å². The summed E-state index contributed by atoms with van der Waals surface area (Å²) in [7, 11) is 0. The quantitative estimate of drug-likeness (QED) is 0.262. The molecule has 0 bridgehead atoms. The first kappa shape index (κ1) is 24.7. The van der Waals surface area contributed by atoms with Crippen molar-refractivity contribution in [3.63, 3.8) is 0 Å². The van der Waals surface area contributed by atoms with E-state index in [-0.39, 0.29) is 30.5 Å². The Labute approximate surface area is 196 Å². The van der Waals surface area contributed by atoms with Crippen LogP contribution in [0.2, 0.25) is 0 Å². The van der Waals surface area contributed by atoms with Crippen LogP contribution in [0.4, 0.5) is 0 Å². The SMILES string of the molecule is CCN1CCCC1CNC(=NCC(C)(O)c1ccc(C)o1)NCCc1ccco1.I. The molecule has 2 atom stereocenters. The van der Waals surface area contributed by atoms with E-state index in [2.05, 4.69) is 27.4 Å². The molecule has 8 heteroatoms. The molecule has 0 saturated carbocycles. The zero-order valence-corrected chi connectivity index (χ0v) is 20.5. The predicted octanol–water partition coefficient (Wildman–Crippen LogP) is 3.27. The van der Waals surface area contributed by atoms with Gasteiger partial charge in [-0.1, -0.05) is 6.92 Å². The number of aliphatic hydroxyl groups is 1. The van der Waals surface area contributed by atoms with E-state index < -0.39 is 5.60 Å². The maximum atomic E-state index is 10.8. The number of nitrogens with zero attached hydrogens (tertiary/aromatic N) is 2. The molecule has 1 aliphatic heterocycles. The van der Waals surface area contributed by atoms with Gasteiger partial charge in [0.1, 0.15) is 22.9 Å². The van der Waals surface area contributed by atoms with Crippen molar-refractivity contribution in [1.29, 1.82) is 0 Å². The summed E-state index contributed by atoms with van der Waals surface area (Å²) in [5.41, 5.74) is -1.16. The van der Waals surface area contributed by atoms with E-state index in [9.17, 15) is 5.11 Å². The lowest BCUT2D eigenvalue weighted by atomic mass is 10.0. The summed E-state index contributed by atoms with van der Waals surface area (Å²) < 4.78 is 11.0. The summed E-state index contributed by atoms with van der Waals surface area (Å²) in [6, 6.07) is 8.04. The average molecular weight is 530 g/mol. The third-order valence-corrected chi connectivity index (χ3v) is 5.47. The molecule has 0 aromatic carbocycles. The van der Waals surface area contributed by atoms with Crippen LogP contribution < -0.4 is 10.6 Å². The van der Waals surface area contributed by atoms with Crippen LogP contribution in [-0.4, -0.2) is 54.7 Å². The second-order valence-corrected chi connectivity index (χ2v) is 7.91. The fourth-order valence-corrected chi connectivity index (χ4v) is 3.73. The molecule has 2 unspecified atom stereocenters. The molecule has 0 spiro atoms. The number of likely N-dealkylation sites (tertiary alicyclic amines) is 1. The summed E-state index contributed by atoms with van der Waals surface area (Å²) in [5.74, 6) is 2.94. The van der Waals surface area contributed by atoms with Crippen LogP contribution in [0.5, 0.6) is 0 Å². The van der Waals surface area contributed by atoms with Gasteiger partial charge < -0.3 is 24.6 Å². The molecule has 2 aromatic rings. The van der Waals surface area contributed by atoms with Crippen molar-refractivity contribution in [2.75, 3.05) is 32.7 Å². The molecule has 1 saturated heterocycles. The van der Waals surface area contributed by atoms with Crippen molar-refractivity contribution in [1.82, 2.24) is 15.5 Å². The number of furan rings is 2. The highest BCUT2D eigenvalue weighted by Crippen LogP contribution is 2.23. The van der Waals surface area contributed by atoms with Crippen molar-refractivity contribution in [3.8, 4) is 0 Å². The number of aryl methyl sites for hydroxylation is 1. The average Bonchev–Trinajstić information content (AvgIpc) is 3.45. The highest BCUT2D eigenvalue weighted by molar-refractivity contribution is 14.0. The third-order valence-electron chi connectivity index (χ3n) is 5.47. The van der Waals surface area contributed by atoms with E-state index in [1.54, 1.807) is 19.3 Å². The minimum Gasteiger partial charge on any atom is -0.469 e. The smallest absolute Gasteiger partial charge is 0.191 e. The first-order valence-electron chi connectivity index (χ1n) is 10.6. The molecule has 2 aromatic heterocycles. The van der Waals surface area contributed by atoms with Crippen LogP contribution in [0.15, 0.2) is 44.4 Å². The van der Waals surface area contributed by atoms with E-state index in [1.807, 2.05) is 25.1 Å². The number of halogens is 1. The molecule has 168 valence electrons. The lowest BCUT2D eigenvalue weighted by Gasteiger charge is -2.24. The number of rotatable bonds is 9. The van der Waals surface area contributed by atoms with Crippen molar-refractivity contribution in [2.24, 2.45) is 4.99 Å². The summed E-state index contributed by atoms with van der Waals surface area (Å²) in [5, 5.41) is 17.6. The Morgan fingerprint density at radius 1 is 1.33 bits per heavy atom. The predicted molar refractivity (Wildman–Crippen MR) is 129 cm³/mol. The monoisotopic (exact) mass is 530 g/mol. The lowest BCUT2D eigenvalue weighted by molar-refractivity contribution is 0.0428. The Balaban J connectivity index is 0.00000320. The summed E-state index contributed by atoms with van der Waals surface area (Å²) in [6.07, 6.45) is 4.89. The van der Waals surface area contributed by atoms with Crippen LogP contribution in [0.25, 0.3) is 0 Å². The van der Waals surface area contributed by atoms with Gasteiger partial charge in [0, 0.05) is 25.6 Å². The first-order valence-corrected chi connectivity index (χ1v) is 10.6. The fraction of sp³-hybridized carbons (Fsp3) is 0.591. The normalized spacial score (nSPS) is 19.3. The Bertz CT molecular complexity index is 773. The van der Waals surface area contributed by atoms with Crippen molar-refractivity contribution in [2.45, 2.75) is 51.7 Å². The van der Waals surface area contributed by atoms with Crippen LogP contribution >= 0.6 is 24.0 Å². The number of nitrogens with one attached hydrogen (secondary N) is 2. The Hall–Kier alpha value is -1.52. The Kier molecular flexibility index (Phi) is 9.70. The second-order valence-electron chi connectivity index (χ2n) is 7.91. The third kappa shape index (κ3) is 7.02. The Morgan fingerprint density at radius 3 is 2.83 bits per heavy atom. The molecule has 3 heterocycles. The molecular weight excluding hydrogens is 495 g/mol. The summed E-state index contributed by atoms with van der Waals surface area (Å²) >= 11 is 0. The van der Waals surface area contributed by atoms with Gasteiger partial charge in [-0.05, 0) is 64.0 Å². The van der Waals surface area contributed by atoms with Gasteiger partial charge >= 0.3 is 0 Å². The molecule has 3 rings (SSSR count). The van der Waals surface area contributed by atoms with Crippen LogP contribution in [0, 0.1) is 6.92 Å². The maximum absolute atomic E-state index is 10.8. The van der Waals surface area contributed by atoms with Crippen LogP contribution in [-0.2, 0) is 12.0 Å². The van der Waals surface area contributed by atoms with Gasteiger partial charge in [-0.15, -0.1) is 24.0 Å². The minimum atomic E-state index is -1.16. The molecular formula is C22H35IN4O3. The minimum absolute atomic E-state index is 0. The van der Waals surface area contributed by atoms with Gasteiger partial charge in [0.2, 0.25) is 0 Å². The summed E-state index contributed by atoms with van der Waals surface area (Å²) in [4.78, 5) is 7.14. The van der Waals surface area contributed by atoms with Gasteiger partial charge in [-0.25, -0.2) is 4.99 Å². The van der Waals surface area contributed by atoms with Gasteiger partial charge in [-0.2, -0.15) is 0 Å². The van der Waals surface area contributed by atoms with Crippen molar-refractivity contribution < 1.29 is 13.9 Å². The fourth-order valence-electron chi connectivity index (χ4n) is 3.73. The van der Waals surface area contributed by atoms with Gasteiger partial charge in [0.05, 0.1) is 12.8 Å². The first-order chi connectivity index (χ1) is 14.0. The van der Waals surface area contributed by atoms with E-state index in [0.29, 0.717) is 24.3 Å². The van der Waals surface area contributed by atoms with Crippen molar-refractivity contribution >= 4 is 29.9 Å². The number of aliphatic imine (C=N–C) groups is 1. The summed E-state index contributed by atoms with van der Waals surface area (Å²) in [6.45, 7) is 9.77. The largest absolute Gasteiger partial charge is 0.469 e. The van der Waals surface area contributed by atoms with Crippen LogP contribution in [0.3, 0.4) is 0 Å². The van der Waals surface area contributed by atoms with Gasteiger partial charge in [0.25, 0.3) is 0 Å². The number of hydrogen-bond acceptors (Lipinski definition) is 5. The van der Waals surface area contributed by atoms with E-state index in [1.165, 1.54) is 12.8 Å². The molecule has 1 aliphatic rings. The highest BCUT2D eigenvalue weighted by Gasteiger charge is 2.27. The Morgan fingerprint density at radius 2 is 2.17 bits per heavy atom. The van der Waals surface area contributed by atoms with E-state index in [0.717, 1.165) is 37.6 Å². The van der Waals surface area contributed by atoms with Crippen molar-refractivity contribution in [3.05, 3.63) is 47.8 Å². The highest BCUT2D eigenvalue weighted by atomic mass is 127. The molecule has 0 radical (unpaired) electrons. The topological polar surface area (TPSA) is 86.2 Å². The molecule has 7 nitrogen and oxygen atoms in total.